The standard InChI is InChI=1S/C15H20N2S/c1-10(2)12-13(15(3,4)16)18-14(17-12)11-8-6-5-7-9-11/h5-10H,16H2,1-4H3. The van der Waals surface area contributed by atoms with Gasteiger partial charge in [0.25, 0.3) is 0 Å². The number of hydrogen-bond acceptors (Lipinski definition) is 3. The summed E-state index contributed by atoms with van der Waals surface area (Å²) in [5.74, 6) is 0.400. The van der Waals surface area contributed by atoms with Crippen molar-refractivity contribution in [3.05, 3.63) is 40.9 Å². The molecule has 2 aromatic rings. The van der Waals surface area contributed by atoms with Crippen LogP contribution < -0.4 is 5.73 Å². The van der Waals surface area contributed by atoms with Gasteiger partial charge in [-0.15, -0.1) is 11.3 Å². The lowest BCUT2D eigenvalue weighted by atomic mass is 9.98. The van der Waals surface area contributed by atoms with Crippen molar-refractivity contribution in [3.63, 3.8) is 0 Å². The van der Waals surface area contributed by atoms with E-state index < -0.39 is 0 Å². The molecule has 0 aliphatic rings. The zero-order valence-electron chi connectivity index (χ0n) is 11.4. The molecule has 0 aliphatic heterocycles. The summed E-state index contributed by atoms with van der Waals surface area (Å²) in [5.41, 5.74) is 8.23. The summed E-state index contributed by atoms with van der Waals surface area (Å²) < 4.78 is 0. The monoisotopic (exact) mass is 260 g/mol. The predicted molar refractivity (Wildman–Crippen MR) is 78.9 cm³/mol. The molecule has 0 radical (unpaired) electrons. The van der Waals surface area contributed by atoms with Crippen molar-refractivity contribution in [2.24, 2.45) is 5.73 Å². The maximum atomic E-state index is 6.26. The van der Waals surface area contributed by atoms with Gasteiger partial charge >= 0.3 is 0 Å². The Kier molecular flexibility index (Phi) is 3.55. The molecule has 2 rings (SSSR count). The van der Waals surface area contributed by atoms with E-state index in [1.165, 1.54) is 10.4 Å². The van der Waals surface area contributed by atoms with E-state index in [4.69, 9.17) is 10.7 Å². The van der Waals surface area contributed by atoms with Gasteiger partial charge in [0.2, 0.25) is 0 Å². The van der Waals surface area contributed by atoms with Crippen molar-refractivity contribution in [1.29, 1.82) is 0 Å². The fourth-order valence-corrected chi connectivity index (χ4v) is 3.13. The second kappa shape index (κ2) is 4.82. The SMILES string of the molecule is CC(C)c1nc(-c2ccccc2)sc1C(C)(C)N. The van der Waals surface area contributed by atoms with E-state index in [1.54, 1.807) is 11.3 Å². The third-order valence-electron chi connectivity index (χ3n) is 2.81. The lowest BCUT2D eigenvalue weighted by Gasteiger charge is -2.19. The molecule has 0 saturated heterocycles. The second-order valence-electron chi connectivity index (χ2n) is 5.48. The van der Waals surface area contributed by atoms with E-state index in [9.17, 15) is 0 Å². The summed E-state index contributed by atoms with van der Waals surface area (Å²) in [6.07, 6.45) is 0. The van der Waals surface area contributed by atoms with Gasteiger partial charge in [-0.05, 0) is 19.8 Å². The molecule has 1 heterocycles. The minimum Gasteiger partial charge on any atom is -0.321 e. The number of thiazole rings is 1. The Bertz CT molecular complexity index is 521. The summed E-state index contributed by atoms with van der Waals surface area (Å²) in [4.78, 5) is 5.98. The Balaban J connectivity index is 2.53. The molecule has 2 N–H and O–H groups in total. The molecule has 0 fully saturated rings. The fourth-order valence-electron chi connectivity index (χ4n) is 1.89. The van der Waals surface area contributed by atoms with Gasteiger partial charge in [-0.3, -0.25) is 0 Å². The van der Waals surface area contributed by atoms with Crippen LogP contribution in [0.1, 0.15) is 44.2 Å². The lowest BCUT2D eigenvalue weighted by Crippen LogP contribution is -2.28. The highest BCUT2D eigenvalue weighted by Crippen LogP contribution is 2.36. The molecule has 0 saturated carbocycles. The molecule has 0 unspecified atom stereocenters. The molecular weight excluding hydrogens is 240 g/mol. The second-order valence-corrected chi connectivity index (χ2v) is 6.47. The van der Waals surface area contributed by atoms with Gasteiger partial charge in [0, 0.05) is 16.0 Å². The molecular formula is C15H20N2S. The molecule has 0 atom stereocenters. The summed E-state index contributed by atoms with van der Waals surface area (Å²) in [6, 6.07) is 10.3. The fraction of sp³-hybridized carbons (Fsp3) is 0.400. The third kappa shape index (κ3) is 2.62. The van der Waals surface area contributed by atoms with E-state index in [2.05, 4.69) is 26.0 Å². The summed E-state index contributed by atoms with van der Waals surface area (Å²) in [5, 5.41) is 1.06. The quantitative estimate of drug-likeness (QED) is 0.901. The van der Waals surface area contributed by atoms with Gasteiger partial charge in [0.1, 0.15) is 5.01 Å². The van der Waals surface area contributed by atoms with E-state index in [0.29, 0.717) is 5.92 Å². The van der Waals surface area contributed by atoms with Crippen LogP contribution in [0.25, 0.3) is 10.6 Å². The van der Waals surface area contributed by atoms with Gasteiger partial charge in [-0.25, -0.2) is 4.98 Å². The molecule has 0 bridgehead atoms. The highest BCUT2D eigenvalue weighted by Gasteiger charge is 2.25. The molecule has 96 valence electrons. The van der Waals surface area contributed by atoms with Gasteiger partial charge < -0.3 is 5.73 Å². The van der Waals surface area contributed by atoms with Crippen molar-refractivity contribution in [2.45, 2.75) is 39.2 Å². The first kappa shape index (κ1) is 13.2. The van der Waals surface area contributed by atoms with Crippen LogP contribution in [-0.2, 0) is 5.54 Å². The molecule has 0 aliphatic carbocycles. The third-order valence-corrected chi connectivity index (χ3v) is 4.27. The van der Waals surface area contributed by atoms with Crippen molar-refractivity contribution in [1.82, 2.24) is 4.98 Å². The van der Waals surface area contributed by atoms with Crippen LogP contribution in [0.3, 0.4) is 0 Å². The average Bonchev–Trinajstić information content (AvgIpc) is 2.74. The minimum atomic E-state index is -0.329. The highest BCUT2D eigenvalue weighted by molar-refractivity contribution is 7.15. The molecule has 0 amide bonds. The Labute approximate surface area is 113 Å². The van der Waals surface area contributed by atoms with Crippen LogP contribution in [0, 0.1) is 0 Å². The van der Waals surface area contributed by atoms with Crippen LogP contribution in [0.4, 0.5) is 0 Å². The largest absolute Gasteiger partial charge is 0.321 e. The number of nitrogens with zero attached hydrogens (tertiary/aromatic N) is 1. The van der Waals surface area contributed by atoms with Crippen LogP contribution in [-0.4, -0.2) is 4.98 Å². The molecule has 1 aromatic carbocycles. The van der Waals surface area contributed by atoms with Gasteiger partial charge in [0.05, 0.1) is 5.69 Å². The normalized spacial score (nSPS) is 12.1. The van der Waals surface area contributed by atoms with E-state index >= 15 is 0 Å². The number of nitrogens with two attached hydrogens (primary N) is 1. The van der Waals surface area contributed by atoms with Crippen LogP contribution in [0.2, 0.25) is 0 Å². The summed E-state index contributed by atoms with van der Waals surface area (Å²) >= 11 is 1.71. The van der Waals surface area contributed by atoms with E-state index in [0.717, 1.165) is 10.7 Å². The number of aromatic nitrogens is 1. The zero-order chi connectivity index (χ0) is 13.3. The Morgan fingerprint density at radius 1 is 1.17 bits per heavy atom. The van der Waals surface area contributed by atoms with Gasteiger partial charge in [0.15, 0.2) is 0 Å². The van der Waals surface area contributed by atoms with Crippen molar-refractivity contribution < 1.29 is 0 Å². The summed E-state index contributed by atoms with van der Waals surface area (Å²) in [7, 11) is 0. The smallest absolute Gasteiger partial charge is 0.123 e. The summed E-state index contributed by atoms with van der Waals surface area (Å²) in [6.45, 7) is 8.42. The highest BCUT2D eigenvalue weighted by atomic mass is 32.1. The van der Waals surface area contributed by atoms with Crippen molar-refractivity contribution in [2.75, 3.05) is 0 Å². The maximum Gasteiger partial charge on any atom is 0.123 e. The molecule has 18 heavy (non-hydrogen) atoms. The van der Waals surface area contributed by atoms with Gasteiger partial charge in [-0.1, -0.05) is 44.2 Å². The molecule has 1 aromatic heterocycles. The Morgan fingerprint density at radius 2 is 1.78 bits per heavy atom. The molecule has 3 heteroatoms. The number of rotatable bonds is 3. The van der Waals surface area contributed by atoms with Crippen molar-refractivity contribution in [3.8, 4) is 10.6 Å². The van der Waals surface area contributed by atoms with Gasteiger partial charge in [-0.2, -0.15) is 0 Å². The topological polar surface area (TPSA) is 38.9 Å². The van der Waals surface area contributed by atoms with Crippen LogP contribution in [0.5, 0.6) is 0 Å². The van der Waals surface area contributed by atoms with E-state index in [1.807, 2.05) is 32.0 Å². The molecule has 0 spiro atoms. The van der Waals surface area contributed by atoms with Crippen LogP contribution in [0.15, 0.2) is 30.3 Å². The minimum absolute atomic E-state index is 0.329. The first-order valence-electron chi connectivity index (χ1n) is 6.25. The lowest BCUT2D eigenvalue weighted by molar-refractivity contribution is 0.553. The number of benzene rings is 1. The Hall–Kier alpha value is -1.19. The molecule has 2 nitrogen and oxygen atoms in total. The predicted octanol–water partition coefficient (Wildman–Crippen LogP) is 4.13. The average molecular weight is 260 g/mol. The van der Waals surface area contributed by atoms with Crippen LogP contribution >= 0.6 is 11.3 Å². The maximum absolute atomic E-state index is 6.26. The Morgan fingerprint density at radius 3 is 2.22 bits per heavy atom. The van der Waals surface area contributed by atoms with Crippen molar-refractivity contribution >= 4 is 11.3 Å². The first-order chi connectivity index (χ1) is 8.39. The first-order valence-corrected chi connectivity index (χ1v) is 7.06. The zero-order valence-corrected chi connectivity index (χ0v) is 12.2. The number of hydrogen-bond donors (Lipinski definition) is 1. The van der Waals surface area contributed by atoms with E-state index in [-0.39, 0.29) is 5.54 Å².